The summed E-state index contributed by atoms with van der Waals surface area (Å²) < 4.78 is 11.4. The van der Waals surface area contributed by atoms with Crippen molar-refractivity contribution in [3.63, 3.8) is 0 Å². The molecule has 2 saturated heterocycles. The number of nitrogens with zero attached hydrogens (tertiary/aromatic N) is 2. The Morgan fingerprint density at radius 3 is 2.81 bits per heavy atom. The quantitative estimate of drug-likeness (QED) is 0.320. The van der Waals surface area contributed by atoms with E-state index in [1.165, 1.54) is 4.90 Å². The summed E-state index contributed by atoms with van der Waals surface area (Å²) in [5.74, 6) is -1.24. The Morgan fingerprint density at radius 1 is 1.28 bits per heavy atom. The second-order valence-electron chi connectivity index (χ2n) is 9.04. The summed E-state index contributed by atoms with van der Waals surface area (Å²) in [6, 6.07) is 4.48. The predicted molar refractivity (Wildman–Crippen MR) is 125 cm³/mol. The van der Waals surface area contributed by atoms with Crippen molar-refractivity contribution in [2.75, 3.05) is 26.2 Å². The van der Waals surface area contributed by atoms with Gasteiger partial charge in [-0.2, -0.15) is 0 Å². The highest BCUT2D eigenvalue weighted by atomic mass is 16.6. The molecule has 36 heavy (non-hydrogen) atoms. The number of carbonyl (C=O) groups excluding carboxylic acids is 5. The van der Waals surface area contributed by atoms with Crippen molar-refractivity contribution in [1.82, 2.24) is 20.4 Å². The Labute approximate surface area is 208 Å². The molecule has 4 rings (SSSR count). The highest BCUT2D eigenvalue weighted by Gasteiger charge is 2.49. The smallest absolute Gasteiger partial charge is 0.409 e. The number of hydrogen-bond donors (Lipinski definition) is 3. The maximum Gasteiger partial charge on any atom is 0.409 e. The van der Waals surface area contributed by atoms with Crippen LogP contribution in [0.25, 0.3) is 0 Å². The van der Waals surface area contributed by atoms with E-state index in [0.29, 0.717) is 55.8 Å². The number of amides is 5. The molecular weight excluding hydrogens is 470 g/mol. The van der Waals surface area contributed by atoms with E-state index < -0.39 is 29.7 Å². The van der Waals surface area contributed by atoms with Gasteiger partial charge in [0, 0.05) is 43.6 Å². The second-order valence-corrected chi connectivity index (χ2v) is 9.04. The SMILES string of the molecule is CCNC(=O)O[C@]1(C(N)=O)CCCN1CCCOc1cccc2c1CN(C1CCC(=O)NC1=O)C2=O. The molecule has 3 heterocycles. The lowest BCUT2D eigenvalue weighted by Crippen LogP contribution is -2.58. The number of primary amides is 1. The van der Waals surface area contributed by atoms with Crippen LogP contribution in [0, 0.1) is 0 Å². The first-order valence-electron chi connectivity index (χ1n) is 12.2. The lowest BCUT2D eigenvalue weighted by Gasteiger charge is -2.34. The van der Waals surface area contributed by atoms with Crippen molar-refractivity contribution in [3.05, 3.63) is 29.3 Å². The predicted octanol–water partition coefficient (Wildman–Crippen LogP) is 0.240. The topological polar surface area (TPSA) is 160 Å². The molecule has 2 atom stereocenters. The number of nitrogens with two attached hydrogens (primary N) is 1. The zero-order valence-electron chi connectivity index (χ0n) is 20.2. The van der Waals surface area contributed by atoms with Gasteiger partial charge in [-0.1, -0.05) is 6.07 Å². The van der Waals surface area contributed by atoms with E-state index in [1.807, 2.05) is 0 Å². The van der Waals surface area contributed by atoms with E-state index in [4.69, 9.17) is 15.2 Å². The number of rotatable bonds is 9. The van der Waals surface area contributed by atoms with Gasteiger partial charge in [0.25, 0.3) is 11.8 Å². The van der Waals surface area contributed by atoms with Gasteiger partial charge in [-0.3, -0.25) is 29.4 Å². The summed E-state index contributed by atoms with van der Waals surface area (Å²) in [7, 11) is 0. The van der Waals surface area contributed by atoms with Crippen molar-refractivity contribution in [1.29, 1.82) is 0 Å². The Hall–Kier alpha value is -3.67. The number of carbonyl (C=O) groups is 5. The van der Waals surface area contributed by atoms with Gasteiger partial charge in [-0.15, -0.1) is 0 Å². The van der Waals surface area contributed by atoms with Crippen LogP contribution in [-0.4, -0.2) is 77.5 Å². The third kappa shape index (κ3) is 4.85. The lowest BCUT2D eigenvalue weighted by atomic mass is 10.0. The van der Waals surface area contributed by atoms with E-state index >= 15 is 0 Å². The van der Waals surface area contributed by atoms with Crippen molar-refractivity contribution in [2.45, 2.75) is 57.3 Å². The van der Waals surface area contributed by atoms with Crippen LogP contribution in [0.4, 0.5) is 4.79 Å². The van der Waals surface area contributed by atoms with Crippen LogP contribution < -0.4 is 21.1 Å². The number of ether oxygens (including phenoxy) is 2. The Bertz CT molecular complexity index is 1080. The summed E-state index contributed by atoms with van der Waals surface area (Å²) in [6.45, 7) is 3.59. The zero-order valence-corrected chi connectivity index (χ0v) is 20.2. The first kappa shape index (κ1) is 25.4. The van der Waals surface area contributed by atoms with Gasteiger partial charge in [0.2, 0.25) is 17.5 Å². The van der Waals surface area contributed by atoms with Gasteiger partial charge in [0.1, 0.15) is 11.8 Å². The zero-order chi connectivity index (χ0) is 25.9. The summed E-state index contributed by atoms with van der Waals surface area (Å²) in [5, 5.41) is 4.82. The Kier molecular flexibility index (Phi) is 7.43. The molecular formula is C24H31N5O7. The first-order chi connectivity index (χ1) is 17.3. The number of benzene rings is 1. The molecule has 2 fully saturated rings. The number of alkyl carbamates (subject to hydrolysis) is 1. The fourth-order valence-corrected chi connectivity index (χ4v) is 5.05. The molecule has 12 heteroatoms. The molecule has 1 aromatic rings. The minimum atomic E-state index is -1.48. The molecule has 0 radical (unpaired) electrons. The minimum absolute atomic E-state index is 0.188. The number of fused-ring (bicyclic) bond motifs is 1. The van der Waals surface area contributed by atoms with Gasteiger partial charge in [-0.05, 0) is 38.3 Å². The van der Waals surface area contributed by atoms with Crippen LogP contribution in [0.5, 0.6) is 5.75 Å². The highest BCUT2D eigenvalue weighted by molar-refractivity contribution is 6.05. The molecule has 12 nitrogen and oxygen atoms in total. The molecule has 1 aromatic carbocycles. The van der Waals surface area contributed by atoms with Crippen LogP contribution in [0.1, 0.15) is 54.9 Å². The molecule has 0 saturated carbocycles. The summed E-state index contributed by atoms with van der Waals surface area (Å²) in [4.78, 5) is 64.2. The maximum absolute atomic E-state index is 13.0. The van der Waals surface area contributed by atoms with Crippen molar-refractivity contribution in [2.24, 2.45) is 5.73 Å². The third-order valence-corrected chi connectivity index (χ3v) is 6.79. The van der Waals surface area contributed by atoms with Crippen molar-refractivity contribution < 1.29 is 33.4 Å². The Balaban J connectivity index is 1.37. The normalized spacial score (nSPS) is 23.9. The number of hydrogen-bond acceptors (Lipinski definition) is 8. The second kappa shape index (κ2) is 10.5. The van der Waals surface area contributed by atoms with E-state index in [0.717, 1.165) is 0 Å². The minimum Gasteiger partial charge on any atom is -0.493 e. The van der Waals surface area contributed by atoms with Crippen LogP contribution in [-0.2, 0) is 25.7 Å². The summed E-state index contributed by atoms with van der Waals surface area (Å²) >= 11 is 0. The molecule has 0 bridgehead atoms. The van der Waals surface area contributed by atoms with Crippen LogP contribution in [0.15, 0.2) is 18.2 Å². The fourth-order valence-electron chi connectivity index (χ4n) is 5.05. The van der Waals surface area contributed by atoms with Crippen LogP contribution >= 0.6 is 0 Å². The fraction of sp³-hybridized carbons (Fsp3) is 0.542. The molecule has 5 amide bonds. The van der Waals surface area contributed by atoms with Gasteiger partial charge >= 0.3 is 6.09 Å². The van der Waals surface area contributed by atoms with E-state index in [2.05, 4.69) is 10.6 Å². The van der Waals surface area contributed by atoms with Crippen molar-refractivity contribution in [3.8, 4) is 5.75 Å². The largest absolute Gasteiger partial charge is 0.493 e. The average molecular weight is 502 g/mol. The Morgan fingerprint density at radius 2 is 2.08 bits per heavy atom. The molecule has 1 unspecified atom stereocenters. The number of nitrogens with one attached hydrogen (secondary N) is 2. The molecule has 0 aliphatic carbocycles. The molecule has 0 spiro atoms. The molecule has 3 aliphatic heterocycles. The number of likely N-dealkylation sites (tertiary alicyclic amines) is 1. The number of imide groups is 1. The van der Waals surface area contributed by atoms with Crippen LogP contribution in [0.2, 0.25) is 0 Å². The monoisotopic (exact) mass is 501 g/mol. The third-order valence-electron chi connectivity index (χ3n) is 6.79. The van der Waals surface area contributed by atoms with Crippen molar-refractivity contribution >= 4 is 29.7 Å². The lowest BCUT2D eigenvalue weighted by molar-refractivity contribution is -0.154. The summed E-state index contributed by atoms with van der Waals surface area (Å²) in [5.41, 5.74) is 5.31. The molecule has 3 aliphatic rings. The maximum atomic E-state index is 13.0. The van der Waals surface area contributed by atoms with Gasteiger partial charge in [0.15, 0.2) is 0 Å². The van der Waals surface area contributed by atoms with E-state index in [1.54, 1.807) is 30.0 Å². The van der Waals surface area contributed by atoms with Gasteiger partial charge in [0.05, 0.1) is 13.2 Å². The first-order valence-corrected chi connectivity index (χ1v) is 12.2. The average Bonchev–Trinajstić information content (AvgIpc) is 3.39. The van der Waals surface area contributed by atoms with E-state index in [9.17, 15) is 24.0 Å². The van der Waals surface area contributed by atoms with E-state index in [-0.39, 0.29) is 37.8 Å². The van der Waals surface area contributed by atoms with Crippen LogP contribution in [0.3, 0.4) is 0 Å². The number of piperidine rings is 1. The molecule has 0 aromatic heterocycles. The van der Waals surface area contributed by atoms with Gasteiger partial charge < -0.3 is 25.4 Å². The standard InChI is InChI=1S/C24H31N5O7/c1-2-26-23(34)36-24(22(25)33)10-4-11-28(24)12-5-13-35-18-7-3-6-15-16(18)14-29(21(15)32)17-8-9-19(30)27-20(17)31/h3,6-7,17H,2,4-5,8-14H2,1H3,(H2,25,33)(H,26,34)(H,27,30,31)/t17?,24-/m0/s1. The van der Waals surface area contributed by atoms with Gasteiger partial charge in [-0.25, -0.2) is 4.79 Å². The summed E-state index contributed by atoms with van der Waals surface area (Å²) in [6.07, 6.45) is 1.29. The molecule has 194 valence electrons. The highest BCUT2D eigenvalue weighted by Crippen LogP contribution is 2.34. The molecule has 4 N–H and O–H groups in total.